The van der Waals surface area contributed by atoms with Crippen molar-refractivity contribution in [1.29, 1.82) is 0 Å². The van der Waals surface area contributed by atoms with E-state index >= 15 is 0 Å². The quantitative estimate of drug-likeness (QED) is 0.925. The van der Waals surface area contributed by atoms with Crippen LogP contribution in [-0.4, -0.2) is 14.8 Å². The van der Waals surface area contributed by atoms with E-state index in [4.69, 9.17) is 4.74 Å². The van der Waals surface area contributed by atoms with E-state index in [0.29, 0.717) is 16.2 Å². The standard InChI is InChI=1S/C15H13FO3S/c1-15(17,10-6-8-11(16)9-7-10)14-19-12-4-2-3-5-13(12)20(14)18/h2-9,14,17H,1H3/t14-,15+,20?/m1/s1. The number of para-hydroxylation sites is 1. The van der Waals surface area contributed by atoms with Crippen molar-refractivity contribution in [3.8, 4) is 5.75 Å². The Balaban J connectivity index is 1.98. The van der Waals surface area contributed by atoms with Crippen molar-refractivity contribution in [1.82, 2.24) is 0 Å². The van der Waals surface area contributed by atoms with Gasteiger partial charge in [0.1, 0.15) is 28.0 Å². The molecule has 0 bridgehead atoms. The van der Waals surface area contributed by atoms with Crippen LogP contribution in [0.1, 0.15) is 12.5 Å². The third-order valence-corrected chi connectivity index (χ3v) is 5.10. The number of hydrogen-bond donors (Lipinski definition) is 1. The van der Waals surface area contributed by atoms with E-state index in [1.165, 1.54) is 31.2 Å². The minimum Gasteiger partial charge on any atom is -0.472 e. The van der Waals surface area contributed by atoms with E-state index in [-0.39, 0.29) is 5.82 Å². The molecular formula is C15H13FO3S. The first kappa shape index (κ1) is 13.3. The molecule has 0 spiro atoms. The molecule has 3 nitrogen and oxygen atoms in total. The van der Waals surface area contributed by atoms with Gasteiger partial charge in [-0.2, -0.15) is 0 Å². The van der Waals surface area contributed by atoms with Crippen molar-refractivity contribution in [2.75, 3.05) is 0 Å². The van der Waals surface area contributed by atoms with Crippen LogP contribution < -0.4 is 4.74 Å². The summed E-state index contributed by atoms with van der Waals surface area (Å²) >= 11 is 0. The van der Waals surface area contributed by atoms with E-state index < -0.39 is 21.8 Å². The van der Waals surface area contributed by atoms with Gasteiger partial charge in [0, 0.05) is 0 Å². The maximum absolute atomic E-state index is 13.0. The maximum Gasteiger partial charge on any atom is 0.210 e. The number of fused-ring (bicyclic) bond motifs is 1. The van der Waals surface area contributed by atoms with Gasteiger partial charge in [0.15, 0.2) is 0 Å². The van der Waals surface area contributed by atoms with Gasteiger partial charge in [-0.25, -0.2) is 4.39 Å². The van der Waals surface area contributed by atoms with Gasteiger partial charge in [0.25, 0.3) is 0 Å². The van der Waals surface area contributed by atoms with Crippen LogP contribution in [-0.2, 0) is 16.4 Å². The molecule has 1 aliphatic heterocycles. The zero-order valence-corrected chi connectivity index (χ0v) is 11.6. The minimum absolute atomic E-state index is 0.388. The predicted octanol–water partition coefficient (Wildman–Crippen LogP) is 2.56. The van der Waals surface area contributed by atoms with Gasteiger partial charge in [-0.1, -0.05) is 24.3 Å². The van der Waals surface area contributed by atoms with Crippen molar-refractivity contribution in [3.63, 3.8) is 0 Å². The fourth-order valence-corrected chi connectivity index (χ4v) is 3.74. The second-order valence-electron chi connectivity index (χ2n) is 4.85. The van der Waals surface area contributed by atoms with E-state index in [1.807, 2.05) is 0 Å². The summed E-state index contributed by atoms with van der Waals surface area (Å²) in [5.74, 6) is 0.125. The summed E-state index contributed by atoms with van der Waals surface area (Å²) in [4.78, 5) is 0.569. The monoisotopic (exact) mass is 292 g/mol. The molecule has 1 aliphatic rings. The molecule has 2 aromatic carbocycles. The summed E-state index contributed by atoms with van der Waals surface area (Å²) in [6.07, 6.45) is 0. The van der Waals surface area contributed by atoms with Crippen molar-refractivity contribution in [2.24, 2.45) is 0 Å². The third-order valence-electron chi connectivity index (χ3n) is 3.38. The fraction of sp³-hybridized carbons (Fsp3) is 0.200. The van der Waals surface area contributed by atoms with E-state index in [9.17, 15) is 13.7 Å². The van der Waals surface area contributed by atoms with Gasteiger partial charge in [0.05, 0.1) is 4.90 Å². The van der Waals surface area contributed by atoms with Crippen LogP contribution in [0, 0.1) is 5.82 Å². The average Bonchev–Trinajstić information content (AvgIpc) is 2.78. The molecule has 0 radical (unpaired) electrons. The zero-order valence-electron chi connectivity index (χ0n) is 10.7. The number of hydrogen-bond acceptors (Lipinski definition) is 3. The highest BCUT2D eigenvalue weighted by Crippen LogP contribution is 2.40. The Labute approximate surface area is 118 Å². The Hall–Kier alpha value is -1.72. The SMILES string of the molecule is C[C@](O)(c1ccc(F)cc1)[C@@H]1Oc2ccccc2S1=O. The van der Waals surface area contributed by atoms with Gasteiger partial charge >= 0.3 is 0 Å². The van der Waals surface area contributed by atoms with Gasteiger partial charge in [0.2, 0.25) is 5.44 Å². The van der Waals surface area contributed by atoms with Crippen molar-refractivity contribution in [3.05, 3.63) is 59.9 Å². The molecule has 3 rings (SSSR count). The Morgan fingerprint density at radius 2 is 1.85 bits per heavy atom. The highest BCUT2D eigenvalue weighted by molar-refractivity contribution is 7.86. The second-order valence-corrected chi connectivity index (χ2v) is 6.31. The molecule has 1 heterocycles. The highest BCUT2D eigenvalue weighted by Gasteiger charge is 2.45. The number of halogens is 1. The summed E-state index contributed by atoms with van der Waals surface area (Å²) in [6.45, 7) is 1.52. The molecule has 0 amide bonds. The Kier molecular flexibility index (Phi) is 3.11. The summed E-state index contributed by atoms with van der Waals surface area (Å²) in [6, 6.07) is 12.4. The van der Waals surface area contributed by atoms with Crippen LogP contribution in [0.25, 0.3) is 0 Å². The van der Waals surface area contributed by atoms with Gasteiger partial charge < -0.3 is 9.84 Å². The molecule has 0 aliphatic carbocycles. The first-order valence-electron chi connectivity index (χ1n) is 6.15. The van der Waals surface area contributed by atoms with E-state index in [0.717, 1.165) is 0 Å². The molecule has 20 heavy (non-hydrogen) atoms. The zero-order chi connectivity index (χ0) is 14.3. The molecule has 0 saturated carbocycles. The fourth-order valence-electron chi connectivity index (χ4n) is 2.23. The third kappa shape index (κ3) is 2.03. The van der Waals surface area contributed by atoms with Crippen molar-refractivity contribution >= 4 is 10.8 Å². The van der Waals surface area contributed by atoms with Crippen LogP contribution in [0.3, 0.4) is 0 Å². The molecule has 3 atom stereocenters. The summed E-state index contributed by atoms with van der Waals surface area (Å²) in [5.41, 5.74) is -1.92. The normalized spacial score (nSPS) is 23.8. The van der Waals surface area contributed by atoms with Crippen LogP contribution in [0.2, 0.25) is 0 Å². The summed E-state index contributed by atoms with van der Waals surface area (Å²) < 4.78 is 31.0. The molecule has 104 valence electrons. The predicted molar refractivity (Wildman–Crippen MR) is 73.2 cm³/mol. The van der Waals surface area contributed by atoms with E-state index in [2.05, 4.69) is 0 Å². The molecule has 1 N–H and O–H groups in total. The smallest absolute Gasteiger partial charge is 0.210 e. The van der Waals surface area contributed by atoms with Gasteiger partial charge in [-0.05, 0) is 36.8 Å². The van der Waals surface area contributed by atoms with Gasteiger partial charge in [-0.3, -0.25) is 4.21 Å². The molecule has 1 unspecified atom stereocenters. The van der Waals surface area contributed by atoms with Crippen molar-refractivity contribution < 1.29 is 18.4 Å². The topological polar surface area (TPSA) is 46.5 Å². The lowest BCUT2D eigenvalue weighted by Crippen LogP contribution is -2.41. The van der Waals surface area contributed by atoms with E-state index in [1.54, 1.807) is 24.3 Å². The molecule has 2 aromatic rings. The number of aliphatic hydroxyl groups is 1. The molecule has 5 heteroatoms. The largest absolute Gasteiger partial charge is 0.472 e. The maximum atomic E-state index is 13.0. The van der Waals surface area contributed by atoms with Crippen LogP contribution in [0.4, 0.5) is 4.39 Å². The first-order chi connectivity index (χ1) is 9.50. The second kappa shape index (κ2) is 4.68. The molecule has 0 aromatic heterocycles. The number of rotatable bonds is 2. The van der Waals surface area contributed by atoms with Gasteiger partial charge in [-0.15, -0.1) is 0 Å². The molecule has 0 fully saturated rings. The van der Waals surface area contributed by atoms with Crippen molar-refractivity contribution in [2.45, 2.75) is 22.9 Å². The molecular weight excluding hydrogens is 279 g/mol. The Morgan fingerprint density at radius 1 is 1.20 bits per heavy atom. The molecule has 0 saturated heterocycles. The first-order valence-corrected chi connectivity index (χ1v) is 7.36. The lowest BCUT2D eigenvalue weighted by atomic mass is 9.97. The lowest BCUT2D eigenvalue weighted by molar-refractivity contribution is -0.00949. The summed E-state index contributed by atoms with van der Waals surface area (Å²) in [5, 5.41) is 10.7. The highest BCUT2D eigenvalue weighted by atomic mass is 32.2. The Bertz CT molecular complexity index is 667. The van der Waals surface area contributed by atoms with Crippen LogP contribution >= 0.6 is 0 Å². The Morgan fingerprint density at radius 3 is 2.50 bits per heavy atom. The lowest BCUT2D eigenvalue weighted by Gasteiger charge is -2.28. The van der Waals surface area contributed by atoms with Crippen LogP contribution in [0.5, 0.6) is 5.75 Å². The minimum atomic E-state index is -1.48. The summed E-state index contributed by atoms with van der Waals surface area (Å²) in [7, 11) is -1.48. The van der Waals surface area contributed by atoms with Crippen LogP contribution in [0.15, 0.2) is 53.4 Å². The number of benzene rings is 2. The average molecular weight is 292 g/mol. The number of ether oxygens (including phenoxy) is 1.